The molecule has 1 unspecified atom stereocenters. The van der Waals surface area contributed by atoms with Crippen LogP contribution in [0.4, 0.5) is 4.39 Å². The summed E-state index contributed by atoms with van der Waals surface area (Å²) in [7, 11) is 5.36. The molecule has 0 aromatic heterocycles. The fourth-order valence-corrected chi connectivity index (χ4v) is 4.82. The zero-order valence-corrected chi connectivity index (χ0v) is 21.4. The molecule has 2 heterocycles. The summed E-state index contributed by atoms with van der Waals surface area (Å²) in [4.78, 5) is 45.1. The van der Waals surface area contributed by atoms with Gasteiger partial charge in [-0.3, -0.25) is 19.3 Å². The average molecular weight is 513 g/mol. The molecule has 2 aliphatic rings. The molecule has 2 saturated heterocycles. The Hall–Kier alpha value is -3.50. The molecule has 0 saturated carbocycles. The minimum absolute atomic E-state index is 0.0462. The summed E-state index contributed by atoms with van der Waals surface area (Å²) in [6.07, 6.45) is 0.689. The molecule has 37 heavy (non-hydrogen) atoms. The minimum atomic E-state index is -1.04. The van der Waals surface area contributed by atoms with Gasteiger partial charge in [0, 0.05) is 50.1 Å². The summed E-state index contributed by atoms with van der Waals surface area (Å²) in [6, 6.07) is 11.4. The number of methoxy groups -OCH3 is 1. The highest BCUT2D eigenvalue weighted by molar-refractivity contribution is 5.98. The smallest absolute Gasteiger partial charge is 0.256 e. The zero-order valence-electron chi connectivity index (χ0n) is 21.4. The number of piperidine rings is 1. The van der Waals surface area contributed by atoms with E-state index in [1.54, 1.807) is 36.3 Å². The van der Waals surface area contributed by atoms with E-state index >= 15 is 0 Å². The van der Waals surface area contributed by atoms with Crippen LogP contribution in [0.25, 0.3) is 0 Å². The van der Waals surface area contributed by atoms with Gasteiger partial charge in [0.25, 0.3) is 11.8 Å². The monoisotopic (exact) mass is 512 g/mol. The molecule has 4 rings (SSSR count). The number of carbonyl (C=O) groups excluding carboxylic acids is 3. The third kappa shape index (κ3) is 5.75. The molecule has 198 valence electrons. The lowest BCUT2D eigenvalue weighted by Gasteiger charge is -2.44. The normalized spacial score (nSPS) is 18.8. The highest BCUT2D eigenvalue weighted by Gasteiger charge is 2.54. The lowest BCUT2D eigenvalue weighted by molar-refractivity contribution is -0.128. The minimum Gasteiger partial charge on any atom is -0.497 e. The Labute approximate surface area is 216 Å². The number of hydrogen-bond acceptors (Lipinski definition) is 6. The van der Waals surface area contributed by atoms with Gasteiger partial charge in [0.15, 0.2) is 0 Å². The number of hydrogen-bond donors (Lipinski definition) is 1. The van der Waals surface area contributed by atoms with Crippen LogP contribution in [-0.2, 0) is 9.53 Å². The molecule has 2 fully saturated rings. The van der Waals surface area contributed by atoms with Crippen molar-refractivity contribution in [3.05, 3.63) is 65.5 Å². The quantitative estimate of drug-likeness (QED) is 0.610. The van der Waals surface area contributed by atoms with Crippen LogP contribution in [-0.4, -0.2) is 98.2 Å². The van der Waals surface area contributed by atoms with E-state index in [-0.39, 0.29) is 24.0 Å². The van der Waals surface area contributed by atoms with E-state index in [4.69, 9.17) is 9.47 Å². The Morgan fingerprint density at radius 3 is 2.43 bits per heavy atom. The van der Waals surface area contributed by atoms with Gasteiger partial charge in [0.1, 0.15) is 23.3 Å². The van der Waals surface area contributed by atoms with Crippen LogP contribution in [0.2, 0.25) is 0 Å². The van der Waals surface area contributed by atoms with E-state index in [0.717, 1.165) is 0 Å². The van der Waals surface area contributed by atoms with Crippen LogP contribution in [0.15, 0.2) is 48.5 Å². The van der Waals surface area contributed by atoms with Crippen molar-refractivity contribution in [1.29, 1.82) is 0 Å². The van der Waals surface area contributed by atoms with E-state index in [9.17, 15) is 18.8 Å². The number of carbonyl (C=O) groups is 3. The van der Waals surface area contributed by atoms with Crippen molar-refractivity contribution in [3.63, 3.8) is 0 Å². The molecule has 2 aliphatic heterocycles. The summed E-state index contributed by atoms with van der Waals surface area (Å²) in [5.74, 6) is -0.702. The van der Waals surface area contributed by atoms with Gasteiger partial charge in [-0.25, -0.2) is 4.39 Å². The predicted molar refractivity (Wildman–Crippen MR) is 135 cm³/mol. The number of likely N-dealkylation sites (N-methyl/N-ethyl adjacent to an activating group) is 1. The first-order chi connectivity index (χ1) is 17.7. The topological polar surface area (TPSA) is 91.4 Å². The first-order valence-electron chi connectivity index (χ1n) is 12.3. The first kappa shape index (κ1) is 26.6. The summed E-state index contributed by atoms with van der Waals surface area (Å²) in [6.45, 7) is 1.81. The summed E-state index contributed by atoms with van der Waals surface area (Å²) >= 11 is 0. The van der Waals surface area contributed by atoms with Crippen LogP contribution in [0.5, 0.6) is 5.75 Å². The highest BCUT2D eigenvalue weighted by Crippen LogP contribution is 2.39. The Kier molecular flexibility index (Phi) is 8.09. The molecule has 0 radical (unpaired) electrons. The number of amides is 3. The van der Waals surface area contributed by atoms with E-state index in [1.165, 1.54) is 29.2 Å². The SMILES string of the molecule is COc1cccc(C(=O)N2CCC3(CC2)OCC(C(=O)NCCN(C)C)N3C(=O)c2ccc(F)cc2)c1. The molecular formula is C27H33FN4O5. The number of benzene rings is 2. The summed E-state index contributed by atoms with van der Waals surface area (Å²) < 4.78 is 25.0. The van der Waals surface area contributed by atoms with E-state index in [1.807, 2.05) is 19.0 Å². The third-order valence-corrected chi connectivity index (χ3v) is 6.88. The number of nitrogens with zero attached hydrogens (tertiary/aromatic N) is 3. The van der Waals surface area contributed by atoms with Crippen molar-refractivity contribution in [2.75, 3.05) is 54.0 Å². The Balaban J connectivity index is 1.54. The molecule has 2 aromatic rings. The van der Waals surface area contributed by atoms with Gasteiger partial charge in [0.2, 0.25) is 5.91 Å². The first-order valence-corrected chi connectivity index (χ1v) is 12.3. The molecule has 2 aromatic carbocycles. The van der Waals surface area contributed by atoms with Gasteiger partial charge in [-0.2, -0.15) is 0 Å². The van der Waals surface area contributed by atoms with Gasteiger partial charge in [-0.15, -0.1) is 0 Å². The van der Waals surface area contributed by atoms with Gasteiger partial charge in [-0.1, -0.05) is 6.07 Å². The number of likely N-dealkylation sites (tertiary alicyclic amines) is 1. The average Bonchev–Trinajstić information content (AvgIpc) is 3.27. The van der Waals surface area contributed by atoms with E-state index < -0.39 is 23.5 Å². The summed E-state index contributed by atoms with van der Waals surface area (Å²) in [5, 5.41) is 2.89. The number of nitrogens with one attached hydrogen (secondary N) is 1. The Bertz CT molecular complexity index is 1130. The second kappa shape index (κ2) is 11.3. The molecule has 3 amide bonds. The van der Waals surface area contributed by atoms with Crippen molar-refractivity contribution < 1.29 is 28.2 Å². The van der Waals surface area contributed by atoms with Gasteiger partial charge < -0.3 is 24.6 Å². The van der Waals surface area contributed by atoms with Gasteiger partial charge in [0.05, 0.1) is 13.7 Å². The van der Waals surface area contributed by atoms with Crippen LogP contribution in [0.1, 0.15) is 33.6 Å². The fraction of sp³-hybridized carbons (Fsp3) is 0.444. The van der Waals surface area contributed by atoms with Crippen LogP contribution < -0.4 is 10.1 Å². The van der Waals surface area contributed by atoms with Crippen LogP contribution in [0.3, 0.4) is 0 Å². The fourth-order valence-electron chi connectivity index (χ4n) is 4.82. The maximum atomic E-state index is 13.7. The molecule has 1 spiro atoms. The van der Waals surface area contributed by atoms with Gasteiger partial charge >= 0.3 is 0 Å². The maximum Gasteiger partial charge on any atom is 0.256 e. The van der Waals surface area contributed by atoms with E-state index in [0.29, 0.717) is 50.3 Å². The second-order valence-corrected chi connectivity index (χ2v) is 9.57. The molecule has 9 nitrogen and oxygen atoms in total. The molecule has 0 bridgehead atoms. The molecular weight excluding hydrogens is 479 g/mol. The second-order valence-electron chi connectivity index (χ2n) is 9.57. The third-order valence-electron chi connectivity index (χ3n) is 6.88. The van der Waals surface area contributed by atoms with Crippen molar-refractivity contribution in [2.24, 2.45) is 0 Å². The number of halogens is 1. The van der Waals surface area contributed by atoms with Gasteiger partial charge in [-0.05, 0) is 56.6 Å². The zero-order chi connectivity index (χ0) is 26.6. The van der Waals surface area contributed by atoms with Crippen molar-refractivity contribution in [2.45, 2.75) is 24.6 Å². The maximum absolute atomic E-state index is 13.7. The Morgan fingerprint density at radius 1 is 1.08 bits per heavy atom. The molecule has 1 N–H and O–H groups in total. The lowest BCUT2D eigenvalue weighted by Crippen LogP contribution is -2.60. The molecule has 1 atom stereocenters. The predicted octanol–water partition coefficient (Wildman–Crippen LogP) is 1.99. The Morgan fingerprint density at radius 2 is 1.78 bits per heavy atom. The van der Waals surface area contributed by atoms with E-state index in [2.05, 4.69) is 5.32 Å². The number of ether oxygens (including phenoxy) is 2. The summed E-state index contributed by atoms with van der Waals surface area (Å²) in [5.41, 5.74) is -0.257. The van der Waals surface area contributed by atoms with Crippen molar-refractivity contribution >= 4 is 17.7 Å². The molecule has 0 aliphatic carbocycles. The van der Waals surface area contributed by atoms with Crippen molar-refractivity contribution in [1.82, 2.24) is 20.0 Å². The lowest BCUT2D eigenvalue weighted by atomic mass is 9.96. The largest absolute Gasteiger partial charge is 0.497 e. The van der Waals surface area contributed by atoms with Crippen LogP contribution in [0, 0.1) is 5.82 Å². The molecule has 10 heteroatoms. The van der Waals surface area contributed by atoms with Crippen molar-refractivity contribution in [3.8, 4) is 5.75 Å². The highest BCUT2D eigenvalue weighted by atomic mass is 19.1. The number of rotatable bonds is 7. The standard InChI is InChI=1S/C27H33FN4O5/c1-30(2)16-13-29-24(33)23-18-37-27(32(23)26(35)19-7-9-21(28)10-8-19)11-14-31(15-12-27)25(34)20-5-4-6-22(17-20)36-3/h4-10,17,23H,11-16,18H2,1-3H3,(H,29,33). The van der Waals surface area contributed by atoms with Crippen LogP contribution >= 0.6 is 0 Å².